The lowest BCUT2D eigenvalue weighted by atomic mass is 9.94. The van der Waals surface area contributed by atoms with Crippen molar-refractivity contribution in [1.29, 1.82) is 0 Å². The molecule has 1 aromatic heterocycles. The van der Waals surface area contributed by atoms with E-state index in [1.807, 2.05) is 29.6 Å². The molecule has 2 rings (SSSR count). The standard InChI is InChI=1S/C14H16O3S2/c1-17-12-7-5-11(6-8-12)14(15,10-19(2)16)13-4-3-9-18-13/h3-9,15H,10H2,1-2H3/t14-,19-/m1/s1. The highest BCUT2D eigenvalue weighted by Gasteiger charge is 2.33. The van der Waals surface area contributed by atoms with Crippen LogP contribution in [0.3, 0.4) is 0 Å². The summed E-state index contributed by atoms with van der Waals surface area (Å²) in [6.45, 7) is 0. The molecule has 0 fully saturated rings. The van der Waals surface area contributed by atoms with Crippen molar-refractivity contribution in [3.63, 3.8) is 0 Å². The SMILES string of the molecule is COc1ccc([C@](O)(C[S@@](C)=O)c2cccs2)cc1. The molecule has 0 spiro atoms. The molecule has 1 aromatic carbocycles. The Morgan fingerprint density at radius 1 is 1.32 bits per heavy atom. The molecule has 1 N–H and O–H groups in total. The van der Waals surface area contributed by atoms with E-state index in [9.17, 15) is 9.32 Å². The van der Waals surface area contributed by atoms with E-state index in [0.717, 1.165) is 16.2 Å². The highest BCUT2D eigenvalue weighted by molar-refractivity contribution is 7.84. The Hall–Kier alpha value is -1.17. The monoisotopic (exact) mass is 296 g/mol. The Morgan fingerprint density at radius 3 is 2.47 bits per heavy atom. The van der Waals surface area contributed by atoms with Crippen molar-refractivity contribution in [2.45, 2.75) is 5.60 Å². The van der Waals surface area contributed by atoms with E-state index in [1.54, 1.807) is 25.5 Å². The van der Waals surface area contributed by atoms with Gasteiger partial charge in [0.15, 0.2) is 0 Å². The van der Waals surface area contributed by atoms with E-state index >= 15 is 0 Å². The van der Waals surface area contributed by atoms with Gasteiger partial charge in [-0.25, -0.2) is 0 Å². The van der Waals surface area contributed by atoms with Crippen molar-refractivity contribution in [3.05, 3.63) is 52.2 Å². The molecule has 1 heterocycles. The molecule has 0 amide bonds. The van der Waals surface area contributed by atoms with Gasteiger partial charge in [-0.2, -0.15) is 0 Å². The van der Waals surface area contributed by atoms with Crippen molar-refractivity contribution in [1.82, 2.24) is 0 Å². The number of thiophene rings is 1. The first kappa shape index (κ1) is 14.2. The van der Waals surface area contributed by atoms with Crippen LogP contribution in [-0.4, -0.2) is 28.4 Å². The predicted octanol–water partition coefficient (Wildman–Crippen LogP) is 2.37. The smallest absolute Gasteiger partial charge is 0.135 e. The molecule has 2 aromatic rings. The lowest BCUT2D eigenvalue weighted by Crippen LogP contribution is -2.32. The Labute approximate surface area is 119 Å². The van der Waals surface area contributed by atoms with Gasteiger partial charge in [0.05, 0.1) is 12.9 Å². The summed E-state index contributed by atoms with van der Waals surface area (Å²) in [6, 6.07) is 11.0. The van der Waals surface area contributed by atoms with Crippen LogP contribution < -0.4 is 4.74 Å². The molecule has 0 radical (unpaired) electrons. The summed E-state index contributed by atoms with van der Waals surface area (Å²) >= 11 is 1.46. The summed E-state index contributed by atoms with van der Waals surface area (Å²) in [5, 5.41) is 12.9. The first-order valence-corrected chi connectivity index (χ1v) is 8.38. The van der Waals surface area contributed by atoms with Gasteiger partial charge < -0.3 is 9.84 Å². The number of hydrogen-bond donors (Lipinski definition) is 1. The quantitative estimate of drug-likeness (QED) is 0.921. The van der Waals surface area contributed by atoms with Gasteiger partial charge >= 0.3 is 0 Å². The van der Waals surface area contributed by atoms with E-state index in [2.05, 4.69) is 0 Å². The molecule has 0 aliphatic carbocycles. The molecule has 2 atom stereocenters. The average Bonchev–Trinajstić information content (AvgIpc) is 2.92. The summed E-state index contributed by atoms with van der Waals surface area (Å²) in [6.07, 6.45) is 1.60. The number of hydrogen-bond acceptors (Lipinski definition) is 4. The molecule has 0 aliphatic rings. The molecular weight excluding hydrogens is 280 g/mol. The number of aliphatic hydroxyl groups is 1. The summed E-state index contributed by atoms with van der Waals surface area (Å²) in [4.78, 5) is 0.799. The summed E-state index contributed by atoms with van der Waals surface area (Å²) in [5.74, 6) is 0.912. The topological polar surface area (TPSA) is 46.5 Å². The van der Waals surface area contributed by atoms with Gasteiger partial charge in [-0.05, 0) is 29.1 Å². The molecule has 0 saturated heterocycles. The largest absolute Gasteiger partial charge is 0.497 e. The molecule has 5 heteroatoms. The van der Waals surface area contributed by atoms with Gasteiger partial charge in [0.25, 0.3) is 0 Å². The third-order valence-corrected chi connectivity index (χ3v) is 4.75. The fourth-order valence-corrected chi connectivity index (χ4v) is 3.82. The van der Waals surface area contributed by atoms with Gasteiger partial charge in [-0.15, -0.1) is 11.3 Å². The average molecular weight is 296 g/mol. The molecule has 0 saturated carbocycles. The minimum absolute atomic E-state index is 0.180. The minimum Gasteiger partial charge on any atom is -0.497 e. The van der Waals surface area contributed by atoms with Gasteiger partial charge in [0, 0.05) is 21.9 Å². The lowest BCUT2D eigenvalue weighted by molar-refractivity contribution is 0.110. The number of ether oxygens (including phenoxy) is 1. The Kier molecular flexibility index (Phi) is 4.39. The zero-order chi connectivity index (χ0) is 13.9. The second-order valence-electron chi connectivity index (χ2n) is 4.28. The summed E-state index contributed by atoms with van der Waals surface area (Å²) in [5.41, 5.74) is -0.481. The number of methoxy groups -OCH3 is 1. The highest BCUT2D eigenvalue weighted by atomic mass is 32.2. The van der Waals surface area contributed by atoms with Gasteiger partial charge in [-0.3, -0.25) is 4.21 Å². The second-order valence-corrected chi connectivity index (χ2v) is 6.67. The van der Waals surface area contributed by atoms with E-state index in [4.69, 9.17) is 4.74 Å². The number of rotatable bonds is 5. The van der Waals surface area contributed by atoms with Crippen LogP contribution in [-0.2, 0) is 16.4 Å². The molecular formula is C14H16O3S2. The molecule has 0 bridgehead atoms. The van der Waals surface area contributed by atoms with Gasteiger partial charge in [0.2, 0.25) is 0 Å². The first-order valence-electron chi connectivity index (χ1n) is 5.77. The molecule has 0 unspecified atom stereocenters. The second kappa shape index (κ2) is 5.86. The fraction of sp³-hybridized carbons (Fsp3) is 0.286. The normalized spacial score (nSPS) is 15.7. The van der Waals surface area contributed by atoms with Crippen molar-refractivity contribution in [2.24, 2.45) is 0 Å². The Morgan fingerprint density at radius 2 is 2.00 bits per heavy atom. The van der Waals surface area contributed by atoms with Gasteiger partial charge in [-0.1, -0.05) is 18.2 Å². The van der Waals surface area contributed by atoms with E-state index < -0.39 is 16.4 Å². The first-order chi connectivity index (χ1) is 9.06. The summed E-state index contributed by atoms with van der Waals surface area (Å²) in [7, 11) is 0.497. The number of benzene rings is 1. The van der Waals surface area contributed by atoms with E-state index in [1.165, 1.54) is 11.3 Å². The van der Waals surface area contributed by atoms with Crippen LogP contribution >= 0.6 is 11.3 Å². The van der Waals surface area contributed by atoms with Crippen molar-refractivity contribution in [3.8, 4) is 5.75 Å². The van der Waals surface area contributed by atoms with E-state index in [0.29, 0.717) is 0 Å². The van der Waals surface area contributed by atoms with Crippen molar-refractivity contribution >= 4 is 22.1 Å². The third kappa shape index (κ3) is 3.05. The van der Waals surface area contributed by atoms with Gasteiger partial charge in [0.1, 0.15) is 11.4 Å². The van der Waals surface area contributed by atoms with Crippen LogP contribution in [0.5, 0.6) is 5.75 Å². The maximum absolute atomic E-state index is 11.6. The van der Waals surface area contributed by atoms with Crippen LogP contribution in [0.15, 0.2) is 41.8 Å². The Bertz CT molecular complexity index is 549. The Balaban J connectivity index is 2.44. The van der Waals surface area contributed by atoms with Crippen molar-refractivity contribution in [2.75, 3.05) is 19.1 Å². The highest BCUT2D eigenvalue weighted by Crippen LogP contribution is 2.34. The van der Waals surface area contributed by atoms with Crippen LogP contribution in [0.2, 0.25) is 0 Å². The summed E-state index contributed by atoms with van der Waals surface area (Å²) < 4.78 is 16.7. The third-order valence-electron chi connectivity index (χ3n) is 2.91. The van der Waals surface area contributed by atoms with Crippen LogP contribution in [0.1, 0.15) is 10.4 Å². The van der Waals surface area contributed by atoms with Crippen molar-refractivity contribution < 1.29 is 14.1 Å². The molecule has 3 nitrogen and oxygen atoms in total. The van der Waals surface area contributed by atoms with Crippen LogP contribution in [0.25, 0.3) is 0 Å². The van der Waals surface area contributed by atoms with Crippen LogP contribution in [0.4, 0.5) is 0 Å². The zero-order valence-electron chi connectivity index (χ0n) is 10.8. The zero-order valence-corrected chi connectivity index (χ0v) is 12.5. The van der Waals surface area contributed by atoms with E-state index in [-0.39, 0.29) is 5.75 Å². The fourth-order valence-electron chi connectivity index (χ4n) is 1.97. The molecule has 0 aliphatic heterocycles. The minimum atomic E-state index is -1.21. The lowest BCUT2D eigenvalue weighted by Gasteiger charge is -2.26. The van der Waals surface area contributed by atoms with Crippen LogP contribution in [0, 0.1) is 0 Å². The maximum atomic E-state index is 11.6. The molecule has 102 valence electrons. The maximum Gasteiger partial charge on any atom is 0.135 e. The predicted molar refractivity (Wildman–Crippen MR) is 79.2 cm³/mol. The molecule has 19 heavy (non-hydrogen) atoms.